The molecule has 8 heteroatoms. The number of amides is 1. The SMILES string of the molecule is Cc1nc(CCNC(=NCC(=O)N(C)C)NCCc2ccccc2)sc1C.I. The Balaban J connectivity index is 0.00000392. The standard InChI is InChI=1S/C20H29N5OS.HI/c1-15-16(2)27-18(24-15)11-13-22-20(23-14-19(26)25(3)4)21-12-10-17-8-6-5-7-9-17;/h5-9H,10-14H2,1-4H3,(H2,21,22,23);1H. The number of nitrogens with one attached hydrogen (secondary N) is 2. The topological polar surface area (TPSA) is 69.6 Å². The van der Waals surface area contributed by atoms with Crippen LogP contribution in [0, 0.1) is 13.8 Å². The Labute approximate surface area is 188 Å². The molecule has 0 saturated carbocycles. The molecule has 0 aliphatic carbocycles. The van der Waals surface area contributed by atoms with Crippen LogP contribution in [0.4, 0.5) is 0 Å². The fourth-order valence-electron chi connectivity index (χ4n) is 2.37. The molecule has 0 spiro atoms. The quantitative estimate of drug-likeness (QED) is 0.323. The van der Waals surface area contributed by atoms with Crippen LogP contribution in [0.15, 0.2) is 35.3 Å². The van der Waals surface area contributed by atoms with Gasteiger partial charge in [0.25, 0.3) is 0 Å². The molecule has 0 aliphatic heterocycles. The van der Waals surface area contributed by atoms with Crippen LogP contribution in [0.25, 0.3) is 0 Å². The van der Waals surface area contributed by atoms with E-state index in [-0.39, 0.29) is 36.4 Å². The first-order valence-electron chi connectivity index (χ1n) is 9.15. The second kappa shape index (κ2) is 12.7. The van der Waals surface area contributed by atoms with Gasteiger partial charge in [0.1, 0.15) is 6.54 Å². The van der Waals surface area contributed by atoms with Crippen molar-refractivity contribution in [2.24, 2.45) is 4.99 Å². The number of rotatable bonds is 8. The minimum atomic E-state index is -0.0228. The molecule has 1 heterocycles. The number of nitrogens with zero attached hydrogens (tertiary/aromatic N) is 3. The summed E-state index contributed by atoms with van der Waals surface area (Å²) in [5.74, 6) is 0.636. The third-order valence-electron chi connectivity index (χ3n) is 4.12. The third-order valence-corrected chi connectivity index (χ3v) is 5.26. The number of thiazole rings is 1. The molecular formula is C20H30IN5OS. The highest BCUT2D eigenvalue weighted by Crippen LogP contribution is 2.16. The van der Waals surface area contributed by atoms with Gasteiger partial charge in [0, 0.05) is 38.5 Å². The Morgan fingerprint density at radius 3 is 2.32 bits per heavy atom. The van der Waals surface area contributed by atoms with Crippen molar-refractivity contribution in [2.75, 3.05) is 33.7 Å². The van der Waals surface area contributed by atoms with Gasteiger partial charge in [-0.3, -0.25) is 4.79 Å². The maximum atomic E-state index is 11.8. The molecule has 1 aromatic carbocycles. The van der Waals surface area contributed by atoms with Crippen molar-refractivity contribution < 1.29 is 4.79 Å². The van der Waals surface area contributed by atoms with Crippen LogP contribution >= 0.6 is 35.3 Å². The Morgan fingerprint density at radius 2 is 1.75 bits per heavy atom. The van der Waals surface area contributed by atoms with Crippen LogP contribution in [0.5, 0.6) is 0 Å². The number of likely N-dealkylation sites (N-methyl/N-ethyl adjacent to an activating group) is 1. The van der Waals surface area contributed by atoms with Gasteiger partial charge >= 0.3 is 0 Å². The summed E-state index contributed by atoms with van der Waals surface area (Å²) in [7, 11) is 3.47. The highest BCUT2D eigenvalue weighted by molar-refractivity contribution is 14.0. The summed E-state index contributed by atoms with van der Waals surface area (Å²) in [6, 6.07) is 10.3. The zero-order valence-electron chi connectivity index (χ0n) is 17.0. The molecule has 28 heavy (non-hydrogen) atoms. The summed E-state index contributed by atoms with van der Waals surface area (Å²) in [5, 5.41) is 7.75. The van der Waals surface area contributed by atoms with E-state index in [4.69, 9.17) is 0 Å². The van der Waals surface area contributed by atoms with Gasteiger partial charge in [-0.25, -0.2) is 9.98 Å². The van der Waals surface area contributed by atoms with E-state index in [1.807, 2.05) is 25.1 Å². The number of carbonyl (C=O) groups excluding carboxylic acids is 1. The number of guanidine groups is 1. The first-order chi connectivity index (χ1) is 13.0. The van der Waals surface area contributed by atoms with Crippen LogP contribution < -0.4 is 10.6 Å². The summed E-state index contributed by atoms with van der Waals surface area (Å²) >= 11 is 1.73. The summed E-state index contributed by atoms with van der Waals surface area (Å²) in [6.07, 6.45) is 1.73. The lowest BCUT2D eigenvalue weighted by Crippen LogP contribution is -2.40. The lowest BCUT2D eigenvalue weighted by molar-refractivity contribution is -0.127. The van der Waals surface area contributed by atoms with Crippen molar-refractivity contribution in [1.29, 1.82) is 0 Å². The number of hydrogen-bond donors (Lipinski definition) is 2. The molecule has 1 aromatic heterocycles. The zero-order chi connectivity index (χ0) is 19.6. The smallest absolute Gasteiger partial charge is 0.243 e. The first-order valence-corrected chi connectivity index (χ1v) is 9.96. The van der Waals surface area contributed by atoms with Crippen molar-refractivity contribution in [3.8, 4) is 0 Å². The Kier molecular flexibility index (Phi) is 11.1. The van der Waals surface area contributed by atoms with Crippen LogP contribution in [0.1, 0.15) is 21.1 Å². The molecule has 2 rings (SSSR count). The Morgan fingerprint density at radius 1 is 1.11 bits per heavy atom. The van der Waals surface area contributed by atoms with E-state index >= 15 is 0 Å². The van der Waals surface area contributed by atoms with E-state index in [1.165, 1.54) is 10.4 Å². The van der Waals surface area contributed by atoms with Crippen molar-refractivity contribution >= 4 is 47.2 Å². The number of aromatic nitrogens is 1. The summed E-state index contributed by atoms with van der Waals surface area (Å²) in [5.41, 5.74) is 2.36. The second-order valence-corrected chi connectivity index (χ2v) is 7.83. The van der Waals surface area contributed by atoms with E-state index in [1.54, 1.807) is 30.3 Å². The number of halogens is 1. The largest absolute Gasteiger partial charge is 0.356 e. The van der Waals surface area contributed by atoms with E-state index < -0.39 is 0 Å². The normalized spacial score (nSPS) is 10.9. The van der Waals surface area contributed by atoms with Gasteiger partial charge < -0.3 is 15.5 Å². The molecule has 0 saturated heterocycles. The van der Waals surface area contributed by atoms with Gasteiger partial charge in [0.2, 0.25) is 5.91 Å². The molecule has 0 radical (unpaired) electrons. The molecule has 0 fully saturated rings. The van der Waals surface area contributed by atoms with E-state index in [0.29, 0.717) is 5.96 Å². The molecule has 1 amide bonds. The minimum absolute atomic E-state index is 0. The van der Waals surface area contributed by atoms with E-state index in [0.717, 1.165) is 36.6 Å². The van der Waals surface area contributed by atoms with Gasteiger partial charge in [-0.1, -0.05) is 30.3 Å². The number of hydrogen-bond acceptors (Lipinski definition) is 4. The average Bonchev–Trinajstić information content (AvgIpc) is 2.97. The molecule has 2 N–H and O–H groups in total. The Bertz CT molecular complexity index is 742. The minimum Gasteiger partial charge on any atom is -0.356 e. The van der Waals surface area contributed by atoms with Crippen molar-refractivity contribution in [2.45, 2.75) is 26.7 Å². The average molecular weight is 515 g/mol. The van der Waals surface area contributed by atoms with Crippen molar-refractivity contribution in [1.82, 2.24) is 20.5 Å². The number of aliphatic imine (C=N–C) groups is 1. The summed E-state index contributed by atoms with van der Waals surface area (Å²) in [4.78, 5) is 23.6. The van der Waals surface area contributed by atoms with Crippen molar-refractivity contribution in [3.05, 3.63) is 51.5 Å². The molecule has 0 unspecified atom stereocenters. The van der Waals surface area contributed by atoms with Gasteiger partial charge in [-0.2, -0.15) is 0 Å². The number of carbonyl (C=O) groups is 1. The van der Waals surface area contributed by atoms with E-state index in [2.05, 4.69) is 39.7 Å². The predicted molar refractivity (Wildman–Crippen MR) is 128 cm³/mol. The molecule has 2 aromatic rings. The lowest BCUT2D eigenvalue weighted by atomic mass is 10.1. The van der Waals surface area contributed by atoms with Gasteiger partial charge in [0.05, 0.1) is 10.7 Å². The van der Waals surface area contributed by atoms with E-state index in [9.17, 15) is 4.79 Å². The summed E-state index contributed by atoms with van der Waals surface area (Å²) < 4.78 is 0. The maximum Gasteiger partial charge on any atom is 0.243 e. The van der Waals surface area contributed by atoms with Crippen LogP contribution in [0.2, 0.25) is 0 Å². The highest BCUT2D eigenvalue weighted by atomic mass is 127. The Hall–Kier alpha value is -1.68. The van der Waals surface area contributed by atoms with Gasteiger partial charge in [-0.05, 0) is 25.8 Å². The zero-order valence-corrected chi connectivity index (χ0v) is 20.1. The number of benzene rings is 1. The fraction of sp³-hybridized carbons (Fsp3) is 0.450. The van der Waals surface area contributed by atoms with Crippen molar-refractivity contribution in [3.63, 3.8) is 0 Å². The molecule has 0 aliphatic rings. The monoisotopic (exact) mass is 515 g/mol. The molecule has 0 bridgehead atoms. The molecular weight excluding hydrogens is 485 g/mol. The molecule has 0 atom stereocenters. The second-order valence-electron chi connectivity index (χ2n) is 6.54. The maximum absolute atomic E-state index is 11.8. The van der Waals surface area contributed by atoms with Crippen LogP contribution in [0.3, 0.4) is 0 Å². The third kappa shape index (κ3) is 8.55. The van der Waals surface area contributed by atoms with Crippen LogP contribution in [-0.2, 0) is 17.6 Å². The predicted octanol–water partition coefficient (Wildman–Crippen LogP) is 2.79. The highest BCUT2D eigenvalue weighted by Gasteiger charge is 2.06. The fourth-order valence-corrected chi connectivity index (χ4v) is 3.30. The summed E-state index contributed by atoms with van der Waals surface area (Å²) in [6.45, 7) is 5.73. The molecule has 154 valence electrons. The number of aryl methyl sites for hydroxylation is 2. The lowest BCUT2D eigenvalue weighted by Gasteiger charge is -2.13. The van der Waals surface area contributed by atoms with Gasteiger partial charge in [0.15, 0.2) is 5.96 Å². The first kappa shape index (κ1) is 24.4. The van der Waals surface area contributed by atoms with Gasteiger partial charge in [-0.15, -0.1) is 35.3 Å². The van der Waals surface area contributed by atoms with Crippen LogP contribution in [-0.4, -0.2) is 55.5 Å². The molecule has 6 nitrogen and oxygen atoms in total.